The van der Waals surface area contributed by atoms with Crippen LogP contribution in [0.4, 0.5) is 0 Å². The summed E-state index contributed by atoms with van der Waals surface area (Å²) in [7, 11) is 0. The lowest BCUT2D eigenvalue weighted by molar-refractivity contribution is -0.127. The van der Waals surface area contributed by atoms with Crippen LogP contribution < -0.4 is 24.4 Å². The summed E-state index contributed by atoms with van der Waals surface area (Å²) in [6.07, 6.45) is 0.581. The molecule has 210 valence electrons. The van der Waals surface area contributed by atoms with E-state index in [9.17, 15) is 9.59 Å². The largest absolute Gasteiger partial charge is 0.494 e. The zero-order valence-electron chi connectivity index (χ0n) is 22.6. The van der Waals surface area contributed by atoms with Gasteiger partial charge in [0.1, 0.15) is 29.6 Å². The van der Waals surface area contributed by atoms with Crippen molar-refractivity contribution in [1.29, 1.82) is 0 Å². The predicted molar refractivity (Wildman–Crippen MR) is 160 cm³/mol. The zero-order valence-corrected chi connectivity index (χ0v) is 24.2. The summed E-state index contributed by atoms with van der Waals surface area (Å²) in [5.41, 5.74) is 4.39. The zero-order chi connectivity index (χ0) is 29.0. The highest BCUT2D eigenvalue weighted by Gasteiger charge is 2.15. The number of hydrazone groups is 1. The lowest BCUT2D eigenvalue weighted by Gasteiger charge is -2.14. The Morgan fingerprint density at radius 1 is 0.878 bits per heavy atom. The molecule has 0 aromatic heterocycles. The Bertz CT molecular complexity index is 1470. The van der Waals surface area contributed by atoms with Crippen molar-refractivity contribution in [3.05, 3.63) is 118 Å². The lowest BCUT2D eigenvalue weighted by atomic mass is 10.2. The molecule has 9 heteroatoms. The van der Waals surface area contributed by atoms with E-state index in [1.54, 1.807) is 73.7 Å². The van der Waals surface area contributed by atoms with E-state index in [4.69, 9.17) is 18.9 Å². The molecule has 0 saturated heterocycles. The molecular formula is C32H29BrN2O6. The van der Waals surface area contributed by atoms with Crippen LogP contribution in [-0.2, 0) is 11.4 Å². The Morgan fingerprint density at radius 2 is 1.54 bits per heavy atom. The number of hydrogen-bond acceptors (Lipinski definition) is 7. The smallest absolute Gasteiger partial charge is 0.343 e. The summed E-state index contributed by atoms with van der Waals surface area (Å²) in [5.74, 6) is 1.17. The minimum Gasteiger partial charge on any atom is -0.494 e. The van der Waals surface area contributed by atoms with Gasteiger partial charge in [0.15, 0.2) is 6.10 Å². The fourth-order valence-electron chi connectivity index (χ4n) is 3.60. The van der Waals surface area contributed by atoms with Gasteiger partial charge < -0.3 is 18.9 Å². The predicted octanol–water partition coefficient (Wildman–Crippen LogP) is 6.56. The molecule has 41 heavy (non-hydrogen) atoms. The Hall–Kier alpha value is -4.63. The van der Waals surface area contributed by atoms with Crippen molar-refractivity contribution >= 4 is 34.0 Å². The maximum absolute atomic E-state index is 12.7. The van der Waals surface area contributed by atoms with Gasteiger partial charge in [-0.1, -0.05) is 46.3 Å². The molecule has 0 heterocycles. The van der Waals surface area contributed by atoms with Crippen LogP contribution in [-0.4, -0.2) is 30.8 Å². The molecule has 1 N–H and O–H groups in total. The average Bonchev–Trinajstić information content (AvgIpc) is 2.99. The van der Waals surface area contributed by atoms with Gasteiger partial charge in [-0.15, -0.1) is 0 Å². The molecule has 0 saturated carbocycles. The molecule has 8 nitrogen and oxygen atoms in total. The van der Waals surface area contributed by atoms with Gasteiger partial charge in [0.25, 0.3) is 5.91 Å². The second kappa shape index (κ2) is 14.7. The number of carbonyl (C=O) groups is 2. The number of ether oxygens (including phenoxy) is 4. The molecule has 0 aliphatic carbocycles. The molecule has 4 aromatic carbocycles. The summed E-state index contributed by atoms with van der Waals surface area (Å²) >= 11 is 3.41. The minimum absolute atomic E-state index is 0.281. The number of benzene rings is 4. The molecule has 1 atom stereocenters. The van der Waals surface area contributed by atoms with Crippen molar-refractivity contribution in [3.8, 4) is 23.0 Å². The van der Waals surface area contributed by atoms with E-state index in [1.807, 2.05) is 37.3 Å². The third kappa shape index (κ3) is 8.94. The van der Waals surface area contributed by atoms with Crippen LogP contribution in [0.1, 0.15) is 35.3 Å². The van der Waals surface area contributed by atoms with Crippen molar-refractivity contribution in [2.45, 2.75) is 26.6 Å². The first-order valence-electron chi connectivity index (χ1n) is 12.9. The van der Waals surface area contributed by atoms with Crippen LogP contribution >= 0.6 is 15.9 Å². The second-order valence-corrected chi connectivity index (χ2v) is 9.68. The lowest BCUT2D eigenvalue weighted by Crippen LogP contribution is -2.33. The van der Waals surface area contributed by atoms with E-state index in [-0.39, 0.29) is 5.75 Å². The van der Waals surface area contributed by atoms with Gasteiger partial charge in [-0.3, -0.25) is 4.79 Å². The summed E-state index contributed by atoms with van der Waals surface area (Å²) in [4.78, 5) is 25.2. The molecule has 0 unspecified atom stereocenters. The topological polar surface area (TPSA) is 95.5 Å². The molecule has 0 aliphatic heterocycles. The quantitative estimate of drug-likeness (QED) is 0.0837. The minimum atomic E-state index is -0.817. The standard InChI is InChI=1S/C32H29BrN2O6/c1-3-38-27-12-9-24(10-13-27)32(37)41-30-18-11-26(33)19-25(30)20-34-35-31(36)22(2)40-29-16-14-28(15-17-29)39-21-23-7-5-4-6-8-23/h4-20,22H,3,21H2,1-2H3,(H,35,36)/b34-20-/t22-/m1/s1. The molecule has 0 aliphatic rings. The molecule has 4 rings (SSSR count). The van der Waals surface area contributed by atoms with Crippen molar-refractivity contribution in [2.24, 2.45) is 5.10 Å². The Labute approximate surface area is 247 Å². The van der Waals surface area contributed by atoms with Gasteiger partial charge in [-0.05, 0) is 86.1 Å². The summed E-state index contributed by atoms with van der Waals surface area (Å²) < 4.78 is 23.3. The van der Waals surface area contributed by atoms with Crippen LogP contribution in [0.25, 0.3) is 0 Å². The monoisotopic (exact) mass is 616 g/mol. The summed E-state index contributed by atoms with van der Waals surface area (Å²) in [6.45, 7) is 4.49. The SMILES string of the molecule is CCOc1ccc(C(=O)Oc2ccc(Br)cc2/C=N\NC(=O)[C@@H](C)Oc2ccc(OCc3ccccc3)cc2)cc1. The highest BCUT2D eigenvalue weighted by Crippen LogP contribution is 2.24. The number of rotatable bonds is 12. The first kappa shape index (κ1) is 29.4. The Morgan fingerprint density at radius 3 is 2.24 bits per heavy atom. The van der Waals surface area contributed by atoms with Crippen LogP contribution in [0, 0.1) is 0 Å². The van der Waals surface area contributed by atoms with Gasteiger partial charge in [0.05, 0.1) is 18.4 Å². The number of esters is 1. The number of carbonyl (C=O) groups excluding carboxylic acids is 2. The van der Waals surface area contributed by atoms with Gasteiger partial charge in [-0.25, -0.2) is 10.2 Å². The van der Waals surface area contributed by atoms with Crippen molar-refractivity contribution in [2.75, 3.05) is 6.61 Å². The van der Waals surface area contributed by atoms with Crippen molar-refractivity contribution < 1.29 is 28.5 Å². The molecular weight excluding hydrogens is 588 g/mol. The van der Waals surface area contributed by atoms with E-state index in [0.29, 0.717) is 41.6 Å². The van der Waals surface area contributed by atoms with Crippen LogP contribution in [0.2, 0.25) is 0 Å². The Balaban J connectivity index is 1.30. The molecule has 0 spiro atoms. The van der Waals surface area contributed by atoms with Crippen molar-refractivity contribution in [1.82, 2.24) is 5.43 Å². The highest BCUT2D eigenvalue weighted by atomic mass is 79.9. The maximum atomic E-state index is 12.7. The molecule has 4 aromatic rings. The van der Waals surface area contributed by atoms with Gasteiger partial charge >= 0.3 is 5.97 Å². The molecule has 0 fully saturated rings. The first-order chi connectivity index (χ1) is 19.9. The number of nitrogens with one attached hydrogen (secondary N) is 1. The Kier molecular flexibility index (Phi) is 10.5. The molecule has 0 bridgehead atoms. The van der Waals surface area contributed by atoms with Gasteiger partial charge in [-0.2, -0.15) is 5.10 Å². The van der Waals surface area contributed by atoms with Crippen LogP contribution in [0.15, 0.2) is 107 Å². The third-order valence-electron chi connectivity index (χ3n) is 5.71. The van der Waals surface area contributed by atoms with E-state index < -0.39 is 18.0 Å². The van der Waals surface area contributed by atoms with Crippen molar-refractivity contribution in [3.63, 3.8) is 0 Å². The van der Waals surface area contributed by atoms with Gasteiger partial charge in [0.2, 0.25) is 0 Å². The van der Waals surface area contributed by atoms with E-state index in [1.165, 1.54) is 6.21 Å². The fraction of sp³-hybridized carbons (Fsp3) is 0.156. The third-order valence-corrected chi connectivity index (χ3v) is 6.20. The van der Waals surface area contributed by atoms with Crippen LogP contribution in [0.5, 0.6) is 23.0 Å². The highest BCUT2D eigenvalue weighted by molar-refractivity contribution is 9.10. The van der Waals surface area contributed by atoms with E-state index in [0.717, 1.165) is 10.0 Å². The molecule has 1 amide bonds. The summed E-state index contributed by atoms with van der Waals surface area (Å²) in [5, 5.41) is 4.03. The summed E-state index contributed by atoms with van der Waals surface area (Å²) in [6, 6.07) is 28.7. The maximum Gasteiger partial charge on any atom is 0.343 e. The average molecular weight is 617 g/mol. The normalized spacial score (nSPS) is 11.5. The first-order valence-corrected chi connectivity index (χ1v) is 13.7. The number of amides is 1. The number of nitrogens with zero attached hydrogens (tertiary/aromatic N) is 1. The van der Waals surface area contributed by atoms with E-state index in [2.05, 4.69) is 26.5 Å². The second-order valence-electron chi connectivity index (χ2n) is 8.77. The number of hydrogen-bond donors (Lipinski definition) is 1. The number of halogens is 1. The van der Waals surface area contributed by atoms with Crippen LogP contribution in [0.3, 0.4) is 0 Å². The fourth-order valence-corrected chi connectivity index (χ4v) is 3.97. The van der Waals surface area contributed by atoms with E-state index >= 15 is 0 Å². The van der Waals surface area contributed by atoms with Gasteiger partial charge in [0, 0.05) is 10.0 Å². The molecule has 0 radical (unpaired) electrons.